The zero-order chi connectivity index (χ0) is 22.8. The maximum absolute atomic E-state index is 13.2. The van der Waals surface area contributed by atoms with Crippen molar-refractivity contribution in [1.29, 1.82) is 0 Å². The van der Waals surface area contributed by atoms with Crippen molar-refractivity contribution in [1.82, 2.24) is 0 Å². The number of thiophene rings is 1. The van der Waals surface area contributed by atoms with Gasteiger partial charge in [0.2, 0.25) is 5.78 Å². The summed E-state index contributed by atoms with van der Waals surface area (Å²) in [5.74, 6) is -2.47. The first-order chi connectivity index (χ1) is 15.3. The van der Waals surface area contributed by atoms with Crippen molar-refractivity contribution in [3.05, 3.63) is 106 Å². The Morgan fingerprint density at radius 2 is 1.78 bits per heavy atom. The third-order valence-corrected chi connectivity index (χ3v) is 6.53. The standard InChI is InChI=1S/C26H21FO4S/c1-15-3-4-18(25(28)23-11-10-22(31-23)16(2)26(29)30)13-19(15)14-21-9-12-24(32-21)17-5-7-20(27)8-6-17/h3-13,16H,14H2,1-2H3,(H,29,30)/p-1. The molecule has 0 bridgehead atoms. The Hall–Kier alpha value is -3.51. The Bertz CT molecular complexity index is 1280. The monoisotopic (exact) mass is 447 g/mol. The van der Waals surface area contributed by atoms with Gasteiger partial charge in [-0.05, 0) is 66.1 Å². The van der Waals surface area contributed by atoms with E-state index in [1.54, 1.807) is 29.5 Å². The number of carboxylic acids is 1. The van der Waals surface area contributed by atoms with Crippen LogP contribution in [0.15, 0.2) is 71.1 Å². The number of carbonyl (C=O) groups excluding carboxylic acids is 2. The van der Waals surface area contributed by atoms with Crippen molar-refractivity contribution in [2.45, 2.75) is 26.2 Å². The molecule has 0 saturated carbocycles. The van der Waals surface area contributed by atoms with E-state index in [4.69, 9.17) is 4.42 Å². The van der Waals surface area contributed by atoms with Gasteiger partial charge in [0.05, 0.1) is 11.9 Å². The smallest absolute Gasteiger partial charge is 0.228 e. The number of aliphatic carboxylic acids is 1. The van der Waals surface area contributed by atoms with Gasteiger partial charge in [-0.15, -0.1) is 11.3 Å². The van der Waals surface area contributed by atoms with Crippen molar-refractivity contribution in [2.24, 2.45) is 0 Å². The Labute approximate surface area is 189 Å². The molecule has 2 aromatic carbocycles. The average molecular weight is 448 g/mol. The first-order valence-corrected chi connectivity index (χ1v) is 10.9. The minimum absolute atomic E-state index is 0.0950. The highest BCUT2D eigenvalue weighted by Gasteiger charge is 2.18. The predicted molar refractivity (Wildman–Crippen MR) is 119 cm³/mol. The molecule has 162 valence electrons. The van der Waals surface area contributed by atoms with Gasteiger partial charge in [-0.2, -0.15) is 0 Å². The summed E-state index contributed by atoms with van der Waals surface area (Å²) in [5.41, 5.74) is 3.51. The summed E-state index contributed by atoms with van der Waals surface area (Å²) in [5, 5.41) is 11.0. The number of hydrogen-bond acceptors (Lipinski definition) is 5. The molecule has 0 aliphatic heterocycles. The van der Waals surface area contributed by atoms with Crippen molar-refractivity contribution >= 4 is 23.1 Å². The fourth-order valence-corrected chi connectivity index (χ4v) is 4.44. The van der Waals surface area contributed by atoms with Gasteiger partial charge in [0.15, 0.2) is 5.76 Å². The van der Waals surface area contributed by atoms with Gasteiger partial charge in [-0.3, -0.25) is 4.79 Å². The zero-order valence-corrected chi connectivity index (χ0v) is 18.4. The summed E-state index contributed by atoms with van der Waals surface area (Å²) in [7, 11) is 0. The summed E-state index contributed by atoms with van der Waals surface area (Å²) < 4.78 is 18.7. The molecular weight excluding hydrogens is 427 g/mol. The zero-order valence-electron chi connectivity index (χ0n) is 17.6. The molecule has 1 unspecified atom stereocenters. The molecule has 0 N–H and O–H groups in total. The summed E-state index contributed by atoms with van der Waals surface area (Å²) in [6.45, 7) is 3.44. The molecule has 2 heterocycles. The number of furan rings is 1. The number of rotatable bonds is 7. The third-order valence-electron chi connectivity index (χ3n) is 5.40. The molecule has 32 heavy (non-hydrogen) atoms. The van der Waals surface area contributed by atoms with Crippen LogP contribution in [0.5, 0.6) is 0 Å². The first kappa shape index (κ1) is 21.7. The van der Waals surface area contributed by atoms with Gasteiger partial charge in [-0.1, -0.05) is 31.2 Å². The summed E-state index contributed by atoms with van der Waals surface area (Å²) in [4.78, 5) is 26.1. The van der Waals surface area contributed by atoms with E-state index in [-0.39, 0.29) is 23.1 Å². The van der Waals surface area contributed by atoms with Gasteiger partial charge >= 0.3 is 0 Å². The fraction of sp³-hybridized carbons (Fsp3) is 0.154. The Kier molecular flexibility index (Phi) is 6.06. The lowest BCUT2D eigenvalue weighted by atomic mass is 9.99. The van der Waals surface area contributed by atoms with Gasteiger partial charge in [0.25, 0.3) is 0 Å². The van der Waals surface area contributed by atoms with E-state index in [0.717, 1.165) is 26.4 Å². The number of carboxylic acid groups (broad SMARTS) is 1. The van der Waals surface area contributed by atoms with Crippen molar-refractivity contribution in [2.75, 3.05) is 0 Å². The second-order valence-electron chi connectivity index (χ2n) is 7.66. The van der Waals surface area contributed by atoms with Crippen LogP contribution in [0.2, 0.25) is 0 Å². The highest BCUT2D eigenvalue weighted by atomic mass is 32.1. The lowest BCUT2D eigenvalue weighted by Crippen LogP contribution is -2.27. The van der Waals surface area contributed by atoms with E-state index in [1.165, 1.54) is 31.2 Å². The normalized spacial score (nSPS) is 12.0. The molecule has 0 radical (unpaired) electrons. The van der Waals surface area contributed by atoms with Crippen LogP contribution in [0.3, 0.4) is 0 Å². The molecular formula is C26H20FO4S-. The Morgan fingerprint density at radius 3 is 2.50 bits per heavy atom. The predicted octanol–water partition coefficient (Wildman–Crippen LogP) is 5.13. The van der Waals surface area contributed by atoms with Crippen LogP contribution in [-0.2, 0) is 11.2 Å². The van der Waals surface area contributed by atoms with Crippen LogP contribution in [0, 0.1) is 12.7 Å². The highest BCUT2D eigenvalue weighted by molar-refractivity contribution is 7.15. The molecule has 6 heteroatoms. The van der Waals surface area contributed by atoms with Crippen LogP contribution < -0.4 is 5.11 Å². The number of halogens is 1. The Balaban J connectivity index is 1.55. The highest BCUT2D eigenvalue weighted by Crippen LogP contribution is 2.30. The molecule has 1 atom stereocenters. The second-order valence-corrected chi connectivity index (χ2v) is 8.83. The van der Waals surface area contributed by atoms with E-state index in [0.29, 0.717) is 12.0 Å². The summed E-state index contributed by atoms with van der Waals surface area (Å²) in [6.07, 6.45) is 0.657. The number of hydrogen-bond donors (Lipinski definition) is 0. The summed E-state index contributed by atoms with van der Waals surface area (Å²) in [6, 6.07) is 18.9. The van der Waals surface area contributed by atoms with Crippen LogP contribution in [0.4, 0.5) is 4.39 Å². The first-order valence-electron chi connectivity index (χ1n) is 10.1. The van der Waals surface area contributed by atoms with E-state index in [9.17, 15) is 19.1 Å². The van der Waals surface area contributed by atoms with Crippen molar-refractivity contribution in [3.8, 4) is 10.4 Å². The van der Waals surface area contributed by atoms with Gasteiger partial charge < -0.3 is 14.3 Å². The topological polar surface area (TPSA) is 70.3 Å². The molecule has 4 aromatic rings. The molecule has 2 aromatic heterocycles. The SMILES string of the molecule is Cc1ccc(C(=O)c2ccc(C(C)C(=O)[O-])o2)cc1Cc1ccc(-c2ccc(F)cc2)s1. The molecule has 0 aliphatic carbocycles. The van der Waals surface area contributed by atoms with Gasteiger partial charge in [0, 0.05) is 21.7 Å². The molecule has 0 saturated heterocycles. The van der Waals surface area contributed by atoms with E-state index >= 15 is 0 Å². The largest absolute Gasteiger partial charge is 0.549 e. The van der Waals surface area contributed by atoms with Gasteiger partial charge in [0.1, 0.15) is 11.6 Å². The molecule has 0 spiro atoms. The lowest BCUT2D eigenvalue weighted by Gasteiger charge is -2.09. The number of ketones is 1. The molecule has 4 nitrogen and oxygen atoms in total. The van der Waals surface area contributed by atoms with Crippen LogP contribution >= 0.6 is 11.3 Å². The number of aryl methyl sites for hydroxylation is 1. The molecule has 4 rings (SSSR count). The minimum Gasteiger partial charge on any atom is -0.549 e. The van der Waals surface area contributed by atoms with Gasteiger partial charge in [-0.25, -0.2) is 4.39 Å². The van der Waals surface area contributed by atoms with Crippen molar-refractivity contribution < 1.29 is 23.5 Å². The Morgan fingerprint density at radius 1 is 1.03 bits per heavy atom. The summed E-state index contributed by atoms with van der Waals surface area (Å²) >= 11 is 1.63. The number of carbonyl (C=O) groups is 2. The van der Waals surface area contributed by atoms with E-state index in [2.05, 4.69) is 0 Å². The van der Waals surface area contributed by atoms with E-state index < -0.39 is 11.9 Å². The quantitative estimate of drug-likeness (QED) is 0.368. The maximum Gasteiger partial charge on any atom is 0.228 e. The van der Waals surface area contributed by atoms with Crippen LogP contribution in [-0.4, -0.2) is 11.8 Å². The van der Waals surface area contributed by atoms with Crippen LogP contribution in [0.1, 0.15) is 50.7 Å². The van der Waals surface area contributed by atoms with Crippen molar-refractivity contribution in [3.63, 3.8) is 0 Å². The van der Waals surface area contributed by atoms with Crippen LogP contribution in [0.25, 0.3) is 10.4 Å². The molecule has 0 aliphatic rings. The average Bonchev–Trinajstić information content (AvgIpc) is 3.45. The molecule has 0 fully saturated rings. The maximum atomic E-state index is 13.2. The molecule has 0 amide bonds. The number of benzene rings is 2. The third kappa shape index (κ3) is 4.55. The van der Waals surface area contributed by atoms with E-state index in [1.807, 2.05) is 31.2 Å². The second kappa shape index (κ2) is 8.93. The minimum atomic E-state index is -1.26. The fourth-order valence-electron chi connectivity index (χ4n) is 3.40. The lowest BCUT2D eigenvalue weighted by molar-refractivity contribution is -0.307.